The summed E-state index contributed by atoms with van der Waals surface area (Å²) in [6.45, 7) is 0. The van der Waals surface area contributed by atoms with Crippen molar-refractivity contribution in [1.82, 2.24) is 0 Å². The molecule has 0 heterocycles. The Bertz CT molecular complexity index is 477. The van der Waals surface area contributed by atoms with Gasteiger partial charge in [0.1, 0.15) is 0 Å². The van der Waals surface area contributed by atoms with Crippen molar-refractivity contribution in [2.24, 2.45) is 5.92 Å². The third-order valence-electron chi connectivity index (χ3n) is 3.51. The maximum absolute atomic E-state index is 12.2. The molecular weight excluding hydrogens is 264 g/mol. The number of halogens is 1. The van der Waals surface area contributed by atoms with Crippen molar-refractivity contribution >= 4 is 28.9 Å². The number of hydrogen-bond acceptors (Lipinski definition) is 3. The van der Waals surface area contributed by atoms with Crippen molar-refractivity contribution in [3.8, 4) is 0 Å². The lowest BCUT2D eigenvalue weighted by molar-refractivity contribution is -0.122. The van der Waals surface area contributed by atoms with Crippen LogP contribution in [-0.4, -0.2) is 31.2 Å². The van der Waals surface area contributed by atoms with Crippen LogP contribution in [-0.2, 0) is 4.79 Å². The number of carbonyl (C=O) groups is 1. The molecule has 0 bridgehead atoms. The van der Waals surface area contributed by atoms with Crippen LogP contribution in [0.15, 0.2) is 18.2 Å². The summed E-state index contributed by atoms with van der Waals surface area (Å²) < 4.78 is 0. The SMILES string of the molecule is CN(C)c1ccc(Cl)cc1NC(=O)C1CCCC1O. The number of aliphatic hydroxyl groups is 1. The molecule has 0 saturated heterocycles. The van der Waals surface area contributed by atoms with Crippen LogP contribution >= 0.6 is 11.6 Å². The first-order chi connectivity index (χ1) is 8.99. The monoisotopic (exact) mass is 282 g/mol. The van der Waals surface area contributed by atoms with Gasteiger partial charge in [-0.3, -0.25) is 4.79 Å². The van der Waals surface area contributed by atoms with E-state index in [2.05, 4.69) is 5.32 Å². The Hall–Kier alpha value is -1.26. The van der Waals surface area contributed by atoms with E-state index in [0.29, 0.717) is 17.1 Å². The van der Waals surface area contributed by atoms with Crippen LogP contribution in [0.25, 0.3) is 0 Å². The van der Waals surface area contributed by atoms with Gasteiger partial charge in [-0.05, 0) is 37.5 Å². The van der Waals surface area contributed by atoms with E-state index >= 15 is 0 Å². The zero-order chi connectivity index (χ0) is 14.0. The van der Waals surface area contributed by atoms with Crippen molar-refractivity contribution in [3.05, 3.63) is 23.2 Å². The van der Waals surface area contributed by atoms with E-state index in [1.807, 2.05) is 25.1 Å². The number of nitrogens with zero attached hydrogens (tertiary/aromatic N) is 1. The Morgan fingerprint density at radius 1 is 1.42 bits per heavy atom. The van der Waals surface area contributed by atoms with Gasteiger partial charge in [0.25, 0.3) is 0 Å². The minimum absolute atomic E-state index is 0.129. The van der Waals surface area contributed by atoms with Crippen LogP contribution in [0.5, 0.6) is 0 Å². The van der Waals surface area contributed by atoms with Gasteiger partial charge in [-0.25, -0.2) is 0 Å². The highest BCUT2D eigenvalue weighted by atomic mass is 35.5. The van der Waals surface area contributed by atoms with Crippen LogP contribution in [0.2, 0.25) is 5.02 Å². The lowest BCUT2D eigenvalue weighted by Crippen LogP contribution is -2.29. The highest BCUT2D eigenvalue weighted by Gasteiger charge is 2.31. The summed E-state index contributed by atoms with van der Waals surface area (Å²) in [5, 5.41) is 13.2. The molecule has 4 nitrogen and oxygen atoms in total. The van der Waals surface area contributed by atoms with Crippen LogP contribution in [0.4, 0.5) is 11.4 Å². The van der Waals surface area contributed by atoms with E-state index in [-0.39, 0.29) is 11.8 Å². The summed E-state index contributed by atoms with van der Waals surface area (Å²) in [5.74, 6) is -0.440. The Kier molecular flexibility index (Phi) is 4.32. The van der Waals surface area contributed by atoms with Crippen molar-refractivity contribution in [2.45, 2.75) is 25.4 Å². The Balaban J connectivity index is 2.18. The van der Waals surface area contributed by atoms with Gasteiger partial charge in [0.2, 0.25) is 5.91 Å². The molecule has 2 unspecified atom stereocenters. The van der Waals surface area contributed by atoms with Gasteiger partial charge in [0.15, 0.2) is 0 Å². The first-order valence-corrected chi connectivity index (χ1v) is 6.82. The number of carbonyl (C=O) groups excluding carboxylic acids is 1. The molecule has 1 aromatic carbocycles. The lowest BCUT2D eigenvalue weighted by atomic mass is 10.1. The average molecular weight is 283 g/mol. The predicted molar refractivity (Wildman–Crippen MR) is 77.8 cm³/mol. The fourth-order valence-electron chi connectivity index (χ4n) is 2.47. The molecule has 1 saturated carbocycles. The summed E-state index contributed by atoms with van der Waals surface area (Å²) in [6.07, 6.45) is 1.82. The molecule has 0 aromatic heterocycles. The number of amides is 1. The molecule has 2 rings (SSSR count). The zero-order valence-corrected chi connectivity index (χ0v) is 11.9. The number of rotatable bonds is 3. The van der Waals surface area contributed by atoms with Gasteiger partial charge >= 0.3 is 0 Å². The highest BCUT2D eigenvalue weighted by molar-refractivity contribution is 6.31. The predicted octanol–water partition coefficient (Wildman–Crippen LogP) is 2.51. The quantitative estimate of drug-likeness (QED) is 0.896. The molecule has 1 aliphatic rings. The van der Waals surface area contributed by atoms with E-state index in [4.69, 9.17) is 11.6 Å². The number of aliphatic hydroxyl groups excluding tert-OH is 1. The van der Waals surface area contributed by atoms with Crippen molar-refractivity contribution in [3.63, 3.8) is 0 Å². The molecule has 0 aliphatic heterocycles. The first-order valence-electron chi connectivity index (χ1n) is 6.45. The number of anilines is 2. The fraction of sp³-hybridized carbons (Fsp3) is 0.500. The minimum atomic E-state index is -0.526. The summed E-state index contributed by atoms with van der Waals surface area (Å²) in [6, 6.07) is 5.39. The van der Waals surface area contributed by atoms with Gasteiger partial charge in [-0.15, -0.1) is 0 Å². The molecule has 2 atom stereocenters. The Labute approximate surface area is 118 Å². The van der Waals surface area contributed by atoms with Gasteiger partial charge in [0, 0.05) is 19.1 Å². The van der Waals surface area contributed by atoms with Gasteiger partial charge in [0.05, 0.1) is 23.4 Å². The molecule has 1 aromatic rings. The third-order valence-corrected chi connectivity index (χ3v) is 3.75. The topological polar surface area (TPSA) is 52.6 Å². The largest absolute Gasteiger partial charge is 0.392 e. The second-order valence-corrected chi connectivity index (χ2v) is 5.59. The normalized spacial score (nSPS) is 22.3. The van der Waals surface area contributed by atoms with E-state index in [1.54, 1.807) is 12.1 Å². The van der Waals surface area contributed by atoms with Gasteiger partial charge in [-0.2, -0.15) is 0 Å². The zero-order valence-electron chi connectivity index (χ0n) is 11.2. The number of nitrogens with one attached hydrogen (secondary N) is 1. The fourth-order valence-corrected chi connectivity index (χ4v) is 2.64. The molecule has 5 heteroatoms. The van der Waals surface area contributed by atoms with E-state index < -0.39 is 6.10 Å². The summed E-state index contributed by atoms with van der Waals surface area (Å²) in [4.78, 5) is 14.1. The third kappa shape index (κ3) is 3.19. The van der Waals surface area contributed by atoms with Crippen molar-refractivity contribution in [1.29, 1.82) is 0 Å². The highest BCUT2D eigenvalue weighted by Crippen LogP contribution is 2.31. The molecule has 1 amide bonds. The molecule has 0 radical (unpaired) electrons. The van der Waals surface area contributed by atoms with Crippen LogP contribution < -0.4 is 10.2 Å². The lowest BCUT2D eigenvalue weighted by Gasteiger charge is -2.20. The van der Waals surface area contributed by atoms with Crippen molar-refractivity contribution < 1.29 is 9.90 Å². The smallest absolute Gasteiger partial charge is 0.230 e. The molecule has 19 heavy (non-hydrogen) atoms. The maximum atomic E-state index is 12.2. The second kappa shape index (κ2) is 5.80. The van der Waals surface area contributed by atoms with Crippen molar-refractivity contribution in [2.75, 3.05) is 24.3 Å². The maximum Gasteiger partial charge on any atom is 0.230 e. The second-order valence-electron chi connectivity index (χ2n) is 5.15. The molecule has 2 N–H and O–H groups in total. The summed E-state index contributed by atoms with van der Waals surface area (Å²) in [7, 11) is 3.81. The van der Waals surface area contributed by atoms with Gasteiger partial charge < -0.3 is 15.3 Å². The molecular formula is C14H19ClN2O2. The Morgan fingerprint density at radius 3 is 2.74 bits per heavy atom. The minimum Gasteiger partial charge on any atom is -0.392 e. The van der Waals surface area contributed by atoms with E-state index in [0.717, 1.165) is 18.5 Å². The first kappa shape index (κ1) is 14.2. The standard InChI is InChI=1S/C14H19ClN2O2/c1-17(2)12-7-6-9(15)8-11(12)16-14(19)10-4-3-5-13(10)18/h6-8,10,13,18H,3-5H2,1-2H3,(H,16,19). The summed E-state index contributed by atoms with van der Waals surface area (Å²) >= 11 is 5.97. The Morgan fingerprint density at radius 2 is 2.16 bits per heavy atom. The van der Waals surface area contributed by atoms with E-state index in [1.165, 1.54) is 0 Å². The van der Waals surface area contributed by atoms with Gasteiger partial charge in [-0.1, -0.05) is 11.6 Å². The molecule has 1 aliphatic carbocycles. The molecule has 0 spiro atoms. The van der Waals surface area contributed by atoms with E-state index in [9.17, 15) is 9.90 Å². The van der Waals surface area contributed by atoms with Crippen LogP contribution in [0, 0.1) is 5.92 Å². The molecule has 104 valence electrons. The number of hydrogen-bond donors (Lipinski definition) is 2. The van der Waals surface area contributed by atoms with Crippen LogP contribution in [0.3, 0.4) is 0 Å². The molecule has 1 fully saturated rings. The summed E-state index contributed by atoms with van der Waals surface area (Å²) in [5.41, 5.74) is 1.58. The number of benzene rings is 1. The average Bonchev–Trinajstić information content (AvgIpc) is 2.75. The van der Waals surface area contributed by atoms with Crippen LogP contribution in [0.1, 0.15) is 19.3 Å².